The van der Waals surface area contributed by atoms with Crippen molar-refractivity contribution in [3.8, 4) is 0 Å². The van der Waals surface area contributed by atoms with Crippen LogP contribution in [0.5, 0.6) is 0 Å². The van der Waals surface area contributed by atoms with E-state index in [1.165, 1.54) is 0 Å². The SMILES string of the molecule is CC(C)(C)OC(=O)NCC1CCCN(Cc2c(Cl)cccc2Cl)C1. The Morgan fingerprint density at radius 3 is 2.62 bits per heavy atom. The van der Waals surface area contributed by atoms with E-state index in [2.05, 4.69) is 10.2 Å². The lowest BCUT2D eigenvalue weighted by molar-refractivity contribution is 0.0506. The minimum atomic E-state index is -0.469. The predicted molar refractivity (Wildman–Crippen MR) is 98.7 cm³/mol. The number of rotatable bonds is 4. The van der Waals surface area contributed by atoms with E-state index in [0.29, 0.717) is 22.5 Å². The number of likely N-dealkylation sites (tertiary alicyclic amines) is 1. The maximum absolute atomic E-state index is 11.8. The second-order valence-electron chi connectivity index (χ2n) is 7.33. The molecule has 1 aromatic carbocycles. The Morgan fingerprint density at radius 1 is 1.33 bits per heavy atom. The number of hydrogen-bond donors (Lipinski definition) is 1. The highest BCUT2D eigenvalue weighted by Crippen LogP contribution is 2.27. The van der Waals surface area contributed by atoms with Crippen LogP contribution in [0.3, 0.4) is 0 Å². The molecule has 1 atom stereocenters. The van der Waals surface area contributed by atoms with Crippen LogP contribution in [0.25, 0.3) is 0 Å². The average Bonchev–Trinajstić information content (AvgIpc) is 2.48. The molecule has 1 unspecified atom stereocenters. The minimum Gasteiger partial charge on any atom is -0.444 e. The Morgan fingerprint density at radius 2 is 2.00 bits per heavy atom. The number of benzene rings is 1. The van der Waals surface area contributed by atoms with Gasteiger partial charge >= 0.3 is 6.09 Å². The third-order valence-electron chi connectivity index (χ3n) is 3.98. The summed E-state index contributed by atoms with van der Waals surface area (Å²) in [7, 11) is 0. The smallest absolute Gasteiger partial charge is 0.407 e. The van der Waals surface area contributed by atoms with Crippen LogP contribution in [0.1, 0.15) is 39.2 Å². The minimum absolute atomic E-state index is 0.353. The Labute approximate surface area is 154 Å². The second kappa shape index (κ2) is 8.41. The van der Waals surface area contributed by atoms with Gasteiger partial charge in [0.2, 0.25) is 0 Å². The fraction of sp³-hybridized carbons (Fsp3) is 0.611. The lowest BCUT2D eigenvalue weighted by Crippen LogP contribution is -2.42. The molecular formula is C18H26Cl2N2O2. The van der Waals surface area contributed by atoms with Crippen molar-refractivity contribution in [1.82, 2.24) is 10.2 Å². The van der Waals surface area contributed by atoms with E-state index in [0.717, 1.165) is 38.0 Å². The highest BCUT2D eigenvalue weighted by Gasteiger charge is 2.23. The molecule has 0 aromatic heterocycles. The molecule has 4 nitrogen and oxygen atoms in total. The molecule has 0 bridgehead atoms. The summed E-state index contributed by atoms with van der Waals surface area (Å²) >= 11 is 12.5. The normalized spacial score (nSPS) is 19.1. The van der Waals surface area contributed by atoms with E-state index in [1.54, 1.807) is 0 Å². The lowest BCUT2D eigenvalue weighted by Gasteiger charge is -2.33. The van der Waals surface area contributed by atoms with E-state index < -0.39 is 5.60 Å². The van der Waals surface area contributed by atoms with Crippen LogP contribution >= 0.6 is 23.2 Å². The van der Waals surface area contributed by atoms with Crippen molar-refractivity contribution in [1.29, 1.82) is 0 Å². The largest absolute Gasteiger partial charge is 0.444 e. The summed E-state index contributed by atoms with van der Waals surface area (Å²) < 4.78 is 5.28. The Bertz CT molecular complexity index is 552. The van der Waals surface area contributed by atoms with Crippen molar-refractivity contribution in [3.05, 3.63) is 33.8 Å². The molecule has 1 amide bonds. The maximum atomic E-state index is 11.8. The van der Waals surface area contributed by atoms with Gasteiger partial charge in [-0.2, -0.15) is 0 Å². The molecule has 1 N–H and O–H groups in total. The van der Waals surface area contributed by atoms with E-state index in [-0.39, 0.29) is 6.09 Å². The number of piperidine rings is 1. The molecule has 1 fully saturated rings. The fourth-order valence-corrected chi connectivity index (χ4v) is 3.43. The van der Waals surface area contributed by atoms with Gasteiger partial charge in [-0.25, -0.2) is 4.79 Å². The first-order chi connectivity index (χ1) is 11.2. The fourth-order valence-electron chi connectivity index (χ4n) is 2.91. The summed E-state index contributed by atoms with van der Waals surface area (Å²) in [4.78, 5) is 14.1. The first-order valence-corrected chi connectivity index (χ1v) is 9.12. The van der Waals surface area contributed by atoms with Crippen LogP contribution in [0.4, 0.5) is 4.79 Å². The van der Waals surface area contributed by atoms with Gasteiger partial charge in [0.25, 0.3) is 0 Å². The van der Waals surface area contributed by atoms with Crippen molar-refractivity contribution in [2.75, 3.05) is 19.6 Å². The van der Waals surface area contributed by atoms with Crippen LogP contribution in [0.2, 0.25) is 10.0 Å². The van der Waals surface area contributed by atoms with Gasteiger partial charge in [0.1, 0.15) is 5.60 Å². The summed E-state index contributed by atoms with van der Waals surface area (Å²) in [6.07, 6.45) is 1.85. The third-order valence-corrected chi connectivity index (χ3v) is 4.69. The number of carbonyl (C=O) groups is 1. The molecular weight excluding hydrogens is 347 g/mol. The number of nitrogens with zero attached hydrogens (tertiary/aromatic N) is 1. The number of hydrogen-bond acceptors (Lipinski definition) is 3. The van der Waals surface area contributed by atoms with Crippen LogP contribution < -0.4 is 5.32 Å². The summed E-state index contributed by atoms with van der Waals surface area (Å²) in [5, 5.41) is 4.29. The molecule has 1 aliphatic rings. The van der Waals surface area contributed by atoms with E-state index in [9.17, 15) is 4.79 Å². The maximum Gasteiger partial charge on any atom is 0.407 e. The molecule has 0 radical (unpaired) electrons. The second-order valence-corrected chi connectivity index (χ2v) is 8.14. The van der Waals surface area contributed by atoms with Gasteiger partial charge in [-0.15, -0.1) is 0 Å². The topological polar surface area (TPSA) is 41.6 Å². The zero-order valence-corrected chi connectivity index (χ0v) is 16.1. The van der Waals surface area contributed by atoms with Crippen molar-refractivity contribution in [2.24, 2.45) is 5.92 Å². The standard InChI is InChI=1S/C18H26Cl2N2O2/c1-18(2,3)24-17(23)21-10-13-6-5-9-22(11-13)12-14-15(19)7-4-8-16(14)20/h4,7-8,13H,5-6,9-12H2,1-3H3,(H,21,23). The average molecular weight is 373 g/mol. The monoisotopic (exact) mass is 372 g/mol. The predicted octanol–water partition coefficient (Wildman–Crippen LogP) is 4.73. The van der Waals surface area contributed by atoms with Crippen LogP contribution in [-0.2, 0) is 11.3 Å². The molecule has 134 valence electrons. The van der Waals surface area contributed by atoms with Crippen LogP contribution in [-0.4, -0.2) is 36.2 Å². The highest BCUT2D eigenvalue weighted by atomic mass is 35.5. The summed E-state index contributed by atoms with van der Waals surface area (Å²) in [5.74, 6) is 0.410. The molecule has 1 saturated heterocycles. The Balaban J connectivity index is 1.85. The lowest BCUT2D eigenvalue weighted by atomic mass is 9.97. The van der Waals surface area contributed by atoms with Crippen molar-refractivity contribution < 1.29 is 9.53 Å². The van der Waals surface area contributed by atoms with E-state index in [4.69, 9.17) is 27.9 Å². The first kappa shape index (κ1) is 19.4. The quantitative estimate of drug-likeness (QED) is 0.830. The van der Waals surface area contributed by atoms with Gasteiger partial charge in [-0.3, -0.25) is 4.90 Å². The Kier molecular flexibility index (Phi) is 6.79. The van der Waals surface area contributed by atoms with Crippen molar-refractivity contribution in [2.45, 2.75) is 45.8 Å². The Hall–Kier alpha value is -0.970. The van der Waals surface area contributed by atoms with Gasteiger partial charge in [-0.05, 0) is 58.2 Å². The van der Waals surface area contributed by atoms with Gasteiger partial charge in [-0.1, -0.05) is 29.3 Å². The number of ether oxygens (including phenoxy) is 1. The van der Waals surface area contributed by atoms with E-state index in [1.807, 2.05) is 39.0 Å². The third kappa shape index (κ3) is 6.15. The van der Waals surface area contributed by atoms with Gasteiger partial charge in [0, 0.05) is 35.2 Å². The number of carbonyl (C=O) groups excluding carboxylic acids is 1. The zero-order valence-electron chi connectivity index (χ0n) is 14.6. The zero-order chi connectivity index (χ0) is 17.7. The number of halogens is 2. The number of nitrogens with one attached hydrogen (secondary N) is 1. The van der Waals surface area contributed by atoms with Gasteiger partial charge in [0.05, 0.1) is 0 Å². The van der Waals surface area contributed by atoms with Crippen molar-refractivity contribution >= 4 is 29.3 Å². The molecule has 0 spiro atoms. The highest BCUT2D eigenvalue weighted by molar-refractivity contribution is 6.35. The number of alkyl carbamates (subject to hydrolysis) is 1. The summed E-state index contributed by atoms with van der Waals surface area (Å²) in [5.41, 5.74) is 0.505. The molecule has 1 heterocycles. The molecule has 1 aliphatic heterocycles. The van der Waals surface area contributed by atoms with Crippen LogP contribution in [0, 0.1) is 5.92 Å². The van der Waals surface area contributed by atoms with Crippen molar-refractivity contribution in [3.63, 3.8) is 0 Å². The molecule has 2 rings (SSSR count). The molecule has 24 heavy (non-hydrogen) atoms. The summed E-state index contributed by atoms with van der Waals surface area (Å²) in [6.45, 7) is 8.89. The molecule has 0 aliphatic carbocycles. The first-order valence-electron chi connectivity index (χ1n) is 8.36. The molecule has 0 saturated carbocycles. The van der Waals surface area contributed by atoms with Gasteiger partial charge in [0.15, 0.2) is 0 Å². The molecule has 6 heteroatoms. The van der Waals surface area contributed by atoms with Crippen LogP contribution in [0.15, 0.2) is 18.2 Å². The number of amides is 1. The molecule has 1 aromatic rings. The van der Waals surface area contributed by atoms with Gasteiger partial charge < -0.3 is 10.1 Å². The summed E-state index contributed by atoms with van der Waals surface area (Å²) in [6, 6.07) is 5.60. The van der Waals surface area contributed by atoms with E-state index >= 15 is 0 Å².